The van der Waals surface area contributed by atoms with Crippen molar-refractivity contribution in [3.05, 3.63) is 17.7 Å². The van der Waals surface area contributed by atoms with Crippen molar-refractivity contribution in [3.8, 4) is 17.2 Å². The Morgan fingerprint density at radius 2 is 1.68 bits per heavy atom. The molecule has 0 aromatic heterocycles. The fourth-order valence-corrected chi connectivity index (χ4v) is 1.59. The first kappa shape index (κ1) is 15.5. The molecular formula is C13H19F2NO3. The summed E-state index contributed by atoms with van der Waals surface area (Å²) >= 11 is 0. The molecule has 0 aliphatic heterocycles. The smallest absolute Gasteiger partial charge is 0.278 e. The van der Waals surface area contributed by atoms with Crippen molar-refractivity contribution in [2.24, 2.45) is 5.73 Å². The van der Waals surface area contributed by atoms with Crippen LogP contribution in [0.2, 0.25) is 0 Å². The van der Waals surface area contributed by atoms with Gasteiger partial charge in [-0.2, -0.15) is 0 Å². The first-order chi connectivity index (χ1) is 8.91. The van der Waals surface area contributed by atoms with E-state index in [0.717, 1.165) is 12.5 Å². The molecule has 4 nitrogen and oxygen atoms in total. The van der Waals surface area contributed by atoms with Crippen LogP contribution in [0, 0.1) is 0 Å². The molecular weight excluding hydrogens is 256 g/mol. The van der Waals surface area contributed by atoms with E-state index in [9.17, 15) is 8.78 Å². The second-order valence-electron chi connectivity index (χ2n) is 4.23. The second kappa shape index (κ2) is 6.56. The molecule has 0 radical (unpaired) electrons. The van der Waals surface area contributed by atoms with Gasteiger partial charge >= 0.3 is 0 Å². The van der Waals surface area contributed by atoms with E-state index in [2.05, 4.69) is 0 Å². The maximum absolute atomic E-state index is 12.9. The van der Waals surface area contributed by atoms with E-state index in [1.165, 1.54) is 14.2 Å². The number of rotatable bonds is 7. The van der Waals surface area contributed by atoms with Crippen molar-refractivity contribution in [1.82, 2.24) is 0 Å². The predicted molar refractivity (Wildman–Crippen MR) is 68.4 cm³/mol. The summed E-state index contributed by atoms with van der Waals surface area (Å²) in [5.41, 5.74) is 6.38. The maximum Gasteiger partial charge on any atom is 0.278 e. The number of alkyl halides is 2. The van der Waals surface area contributed by atoms with Crippen LogP contribution in [0.5, 0.6) is 17.2 Å². The second-order valence-corrected chi connectivity index (χ2v) is 4.23. The molecule has 0 unspecified atom stereocenters. The molecule has 1 aromatic carbocycles. The fraction of sp³-hybridized carbons (Fsp3) is 0.538. The molecule has 0 amide bonds. The molecule has 108 valence electrons. The van der Waals surface area contributed by atoms with Gasteiger partial charge < -0.3 is 19.9 Å². The Morgan fingerprint density at radius 1 is 1.16 bits per heavy atom. The van der Waals surface area contributed by atoms with Crippen LogP contribution in [0.1, 0.15) is 12.5 Å². The Bertz CT molecular complexity index is 394. The van der Waals surface area contributed by atoms with Crippen LogP contribution in [0.3, 0.4) is 0 Å². The summed E-state index contributed by atoms with van der Waals surface area (Å²) < 4.78 is 41.1. The summed E-state index contributed by atoms with van der Waals surface area (Å²) in [6.07, 6.45) is 0.636. The topological polar surface area (TPSA) is 53.7 Å². The molecule has 0 spiro atoms. The molecule has 0 fully saturated rings. The Morgan fingerprint density at radius 3 is 2.05 bits per heavy atom. The first-order valence-corrected chi connectivity index (χ1v) is 5.87. The summed E-state index contributed by atoms with van der Waals surface area (Å²) in [6, 6.07) is 3.41. The minimum absolute atomic E-state index is 0.173. The highest BCUT2D eigenvalue weighted by Crippen LogP contribution is 2.39. The van der Waals surface area contributed by atoms with Crippen LogP contribution in [0.25, 0.3) is 0 Å². The zero-order valence-electron chi connectivity index (χ0n) is 11.3. The lowest BCUT2D eigenvalue weighted by molar-refractivity contribution is -0.0241. The van der Waals surface area contributed by atoms with Crippen molar-refractivity contribution in [1.29, 1.82) is 0 Å². The molecule has 1 aromatic rings. The normalized spacial score (nSPS) is 11.3. The molecule has 0 aliphatic rings. The van der Waals surface area contributed by atoms with Gasteiger partial charge in [0, 0.05) is 6.92 Å². The van der Waals surface area contributed by atoms with Gasteiger partial charge in [-0.1, -0.05) is 0 Å². The van der Waals surface area contributed by atoms with E-state index in [4.69, 9.17) is 19.9 Å². The van der Waals surface area contributed by atoms with Crippen LogP contribution in [0.4, 0.5) is 8.78 Å². The minimum Gasteiger partial charge on any atom is -0.493 e. The molecule has 2 N–H and O–H groups in total. The van der Waals surface area contributed by atoms with Crippen molar-refractivity contribution in [2.75, 3.05) is 27.4 Å². The molecule has 1 rings (SSSR count). The van der Waals surface area contributed by atoms with E-state index >= 15 is 0 Å². The fourth-order valence-electron chi connectivity index (χ4n) is 1.59. The molecule has 0 heterocycles. The third-order valence-corrected chi connectivity index (χ3v) is 2.42. The van der Waals surface area contributed by atoms with Crippen LogP contribution < -0.4 is 19.9 Å². The van der Waals surface area contributed by atoms with Gasteiger partial charge in [-0.05, 0) is 30.7 Å². The number of halogens is 2. The minimum atomic E-state index is -2.92. The number of hydrogen-bond donors (Lipinski definition) is 1. The van der Waals surface area contributed by atoms with Gasteiger partial charge in [-0.15, -0.1) is 0 Å². The number of ether oxygens (including phenoxy) is 3. The van der Waals surface area contributed by atoms with Gasteiger partial charge in [-0.3, -0.25) is 0 Å². The van der Waals surface area contributed by atoms with Gasteiger partial charge in [0.05, 0.1) is 14.2 Å². The molecule has 0 atom stereocenters. The highest BCUT2D eigenvalue weighted by atomic mass is 19.3. The maximum atomic E-state index is 12.9. The Labute approximate surface area is 111 Å². The Kier molecular flexibility index (Phi) is 5.35. The molecule has 0 saturated carbocycles. The van der Waals surface area contributed by atoms with Crippen LogP contribution in [-0.2, 0) is 6.42 Å². The lowest BCUT2D eigenvalue weighted by Crippen LogP contribution is -2.21. The van der Waals surface area contributed by atoms with E-state index in [-0.39, 0.29) is 5.75 Å². The van der Waals surface area contributed by atoms with Gasteiger partial charge in [-0.25, -0.2) is 8.78 Å². The zero-order valence-corrected chi connectivity index (χ0v) is 11.3. The van der Waals surface area contributed by atoms with Crippen molar-refractivity contribution in [2.45, 2.75) is 19.3 Å². The first-order valence-electron chi connectivity index (χ1n) is 5.87. The van der Waals surface area contributed by atoms with Gasteiger partial charge in [0.15, 0.2) is 18.1 Å². The van der Waals surface area contributed by atoms with Gasteiger partial charge in [0.25, 0.3) is 5.92 Å². The average molecular weight is 275 g/mol. The van der Waals surface area contributed by atoms with E-state index < -0.39 is 12.5 Å². The van der Waals surface area contributed by atoms with Crippen LogP contribution in [-0.4, -0.2) is 33.3 Å². The largest absolute Gasteiger partial charge is 0.493 e. The predicted octanol–water partition coefficient (Wildman–Crippen LogP) is 2.24. The molecule has 0 aliphatic carbocycles. The SMILES string of the molecule is COc1cc(CCN)cc(OC)c1OCC(C)(F)F. The lowest BCUT2D eigenvalue weighted by atomic mass is 10.1. The summed E-state index contributed by atoms with van der Waals surface area (Å²) in [4.78, 5) is 0. The van der Waals surface area contributed by atoms with Gasteiger partial charge in [0.2, 0.25) is 5.75 Å². The number of methoxy groups -OCH3 is 2. The van der Waals surface area contributed by atoms with Crippen molar-refractivity contribution in [3.63, 3.8) is 0 Å². The Balaban J connectivity index is 3.06. The third kappa shape index (κ3) is 4.55. The van der Waals surface area contributed by atoms with Crippen LogP contribution >= 0.6 is 0 Å². The standard InChI is InChI=1S/C13H19F2NO3/c1-13(14,15)8-19-12-10(17-2)6-9(4-5-16)7-11(12)18-3/h6-7H,4-5,8,16H2,1-3H3. The third-order valence-electron chi connectivity index (χ3n) is 2.42. The zero-order chi connectivity index (χ0) is 14.5. The summed E-state index contributed by atoms with van der Waals surface area (Å²) in [6.45, 7) is 0.518. The monoisotopic (exact) mass is 275 g/mol. The van der Waals surface area contributed by atoms with E-state index in [1.807, 2.05) is 0 Å². The van der Waals surface area contributed by atoms with Crippen molar-refractivity contribution < 1.29 is 23.0 Å². The molecule has 6 heteroatoms. The van der Waals surface area contributed by atoms with E-state index in [0.29, 0.717) is 24.5 Å². The van der Waals surface area contributed by atoms with Crippen molar-refractivity contribution >= 4 is 0 Å². The average Bonchev–Trinajstić information content (AvgIpc) is 2.35. The van der Waals surface area contributed by atoms with Crippen LogP contribution in [0.15, 0.2) is 12.1 Å². The molecule has 19 heavy (non-hydrogen) atoms. The summed E-state index contributed by atoms with van der Waals surface area (Å²) in [7, 11) is 2.88. The number of hydrogen-bond acceptors (Lipinski definition) is 4. The molecule has 0 saturated heterocycles. The number of benzene rings is 1. The molecule has 0 bridgehead atoms. The summed E-state index contributed by atoms with van der Waals surface area (Å²) in [5.74, 6) is -2.04. The summed E-state index contributed by atoms with van der Waals surface area (Å²) in [5, 5.41) is 0. The van der Waals surface area contributed by atoms with Gasteiger partial charge in [0.1, 0.15) is 0 Å². The quantitative estimate of drug-likeness (QED) is 0.829. The number of nitrogens with two attached hydrogens (primary N) is 1. The highest BCUT2D eigenvalue weighted by molar-refractivity contribution is 5.54. The lowest BCUT2D eigenvalue weighted by Gasteiger charge is -2.18. The van der Waals surface area contributed by atoms with E-state index in [1.54, 1.807) is 12.1 Å². The Hall–Kier alpha value is -1.56. The highest BCUT2D eigenvalue weighted by Gasteiger charge is 2.24.